The third-order valence-corrected chi connectivity index (χ3v) is 4.08. The maximum atomic E-state index is 10.8. The smallest absolute Gasteiger partial charge is 0.152 e. The van der Waals surface area contributed by atoms with E-state index in [4.69, 9.17) is 4.74 Å². The number of hydrogen-bond donors (Lipinski definition) is 0. The molecule has 0 fully saturated rings. The number of aromatic nitrogens is 2. The molecule has 0 aliphatic heterocycles. The average molecular weight is 266 g/mol. The van der Waals surface area contributed by atoms with Gasteiger partial charge in [-0.2, -0.15) is 0 Å². The molecule has 0 saturated carbocycles. The molecule has 100 valence electrons. The Hall–Kier alpha value is -1.20. The molecule has 0 aromatic carbocycles. The first-order chi connectivity index (χ1) is 8.37. The van der Waals surface area contributed by atoms with Crippen LogP contribution >= 0.6 is 0 Å². The Morgan fingerprint density at radius 3 is 2.83 bits per heavy atom. The molecular weight excluding hydrogens is 244 g/mol. The van der Waals surface area contributed by atoms with E-state index in [1.807, 2.05) is 10.8 Å². The Labute approximate surface area is 110 Å². The summed E-state index contributed by atoms with van der Waals surface area (Å²) in [6.45, 7) is 9.83. The van der Waals surface area contributed by atoms with Crippen molar-refractivity contribution in [3.63, 3.8) is 0 Å². The van der Waals surface area contributed by atoms with Crippen molar-refractivity contribution in [2.75, 3.05) is 6.61 Å². The van der Waals surface area contributed by atoms with Crippen molar-refractivity contribution in [3.05, 3.63) is 24.3 Å². The highest BCUT2D eigenvalue weighted by molar-refractivity contribution is 6.76. The van der Waals surface area contributed by atoms with Gasteiger partial charge in [-0.3, -0.25) is 4.79 Å². The van der Waals surface area contributed by atoms with Crippen LogP contribution in [-0.4, -0.2) is 30.0 Å². The molecule has 0 saturated heterocycles. The Morgan fingerprint density at radius 1 is 1.50 bits per heavy atom. The minimum absolute atomic E-state index is 0.0240. The first-order valence-electron chi connectivity index (χ1n) is 6.15. The molecule has 1 aromatic heterocycles. The third-order valence-electron chi connectivity index (χ3n) is 2.38. The van der Waals surface area contributed by atoms with Crippen LogP contribution in [0.15, 0.2) is 18.6 Å². The van der Waals surface area contributed by atoms with Gasteiger partial charge in [-0.25, -0.2) is 4.98 Å². The molecule has 1 heterocycles. The molecule has 18 heavy (non-hydrogen) atoms. The SMILES string of the molecule is CC(=O)/C=C/c1cn(COCC[Si](C)(C)C)cn1. The maximum absolute atomic E-state index is 10.8. The van der Waals surface area contributed by atoms with Crippen LogP contribution < -0.4 is 0 Å². The second-order valence-electron chi connectivity index (χ2n) is 5.60. The van der Waals surface area contributed by atoms with Crippen LogP contribution in [-0.2, 0) is 16.3 Å². The normalized spacial score (nSPS) is 12.2. The molecule has 4 nitrogen and oxygen atoms in total. The van der Waals surface area contributed by atoms with E-state index < -0.39 is 8.07 Å². The fourth-order valence-corrected chi connectivity index (χ4v) is 2.04. The summed E-state index contributed by atoms with van der Waals surface area (Å²) in [6, 6.07) is 1.17. The third kappa shape index (κ3) is 6.51. The summed E-state index contributed by atoms with van der Waals surface area (Å²) in [7, 11) is -1.01. The van der Waals surface area contributed by atoms with Gasteiger partial charge in [0.2, 0.25) is 0 Å². The molecule has 1 rings (SSSR count). The van der Waals surface area contributed by atoms with Crippen LogP contribution in [0.2, 0.25) is 25.7 Å². The Bertz CT molecular complexity index is 419. The monoisotopic (exact) mass is 266 g/mol. The maximum Gasteiger partial charge on any atom is 0.152 e. The molecule has 0 aliphatic carbocycles. The molecule has 0 aliphatic rings. The van der Waals surface area contributed by atoms with Gasteiger partial charge < -0.3 is 9.30 Å². The molecule has 0 amide bonds. The van der Waals surface area contributed by atoms with Crippen molar-refractivity contribution < 1.29 is 9.53 Å². The first kappa shape index (κ1) is 14.9. The van der Waals surface area contributed by atoms with Gasteiger partial charge in [-0.1, -0.05) is 19.6 Å². The minimum Gasteiger partial charge on any atom is -0.361 e. The Kier molecular flexibility index (Phi) is 5.49. The summed E-state index contributed by atoms with van der Waals surface area (Å²) in [5.74, 6) is 0.0240. The van der Waals surface area contributed by atoms with Gasteiger partial charge in [0.05, 0.1) is 12.0 Å². The number of ketones is 1. The van der Waals surface area contributed by atoms with E-state index in [-0.39, 0.29) is 5.78 Å². The number of hydrogen-bond acceptors (Lipinski definition) is 3. The second kappa shape index (κ2) is 6.66. The quantitative estimate of drug-likeness (QED) is 0.433. The van der Waals surface area contributed by atoms with Crippen LogP contribution in [0.5, 0.6) is 0 Å². The number of carbonyl (C=O) groups is 1. The fourth-order valence-electron chi connectivity index (χ4n) is 1.29. The van der Waals surface area contributed by atoms with E-state index in [1.165, 1.54) is 19.0 Å². The van der Waals surface area contributed by atoms with E-state index in [9.17, 15) is 4.79 Å². The zero-order chi connectivity index (χ0) is 13.6. The highest BCUT2D eigenvalue weighted by Crippen LogP contribution is 2.08. The zero-order valence-corrected chi connectivity index (χ0v) is 12.6. The number of carbonyl (C=O) groups excluding carboxylic acids is 1. The topological polar surface area (TPSA) is 44.1 Å². The summed E-state index contributed by atoms with van der Waals surface area (Å²) in [5.41, 5.74) is 0.777. The van der Waals surface area contributed by atoms with Gasteiger partial charge in [-0.05, 0) is 25.1 Å². The molecule has 1 aromatic rings. The largest absolute Gasteiger partial charge is 0.361 e. The van der Waals surface area contributed by atoms with Gasteiger partial charge in [0, 0.05) is 20.9 Å². The van der Waals surface area contributed by atoms with E-state index in [2.05, 4.69) is 24.6 Å². The van der Waals surface area contributed by atoms with Crippen LogP contribution in [0.25, 0.3) is 6.08 Å². The highest BCUT2D eigenvalue weighted by Gasteiger charge is 2.11. The van der Waals surface area contributed by atoms with Gasteiger partial charge >= 0.3 is 0 Å². The van der Waals surface area contributed by atoms with E-state index >= 15 is 0 Å². The summed E-state index contributed by atoms with van der Waals surface area (Å²) in [5, 5.41) is 0. The number of allylic oxidation sites excluding steroid dienone is 1. The van der Waals surface area contributed by atoms with Crippen molar-refractivity contribution in [2.45, 2.75) is 39.3 Å². The molecule has 0 radical (unpaired) electrons. The molecule has 0 atom stereocenters. The van der Waals surface area contributed by atoms with Crippen LogP contribution in [0.1, 0.15) is 12.6 Å². The summed E-state index contributed by atoms with van der Waals surface area (Å²) in [4.78, 5) is 15.0. The highest BCUT2D eigenvalue weighted by atomic mass is 28.3. The van der Waals surface area contributed by atoms with Gasteiger partial charge in [0.1, 0.15) is 6.73 Å². The predicted molar refractivity (Wildman–Crippen MR) is 76.0 cm³/mol. The van der Waals surface area contributed by atoms with E-state index in [0.717, 1.165) is 12.3 Å². The lowest BCUT2D eigenvalue weighted by Crippen LogP contribution is -2.21. The molecular formula is C13H22N2O2Si. The Morgan fingerprint density at radius 2 is 2.22 bits per heavy atom. The van der Waals surface area contributed by atoms with Crippen LogP contribution in [0.3, 0.4) is 0 Å². The lowest BCUT2D eigenvalue weighted by molar-refractivity contribution is -0.112. The fraction of sp³-hybridized carbons (Fsp3) is 0.538. The van der Waals surface area contributed by atoms with Crippen molar-refractivity contribution in [3.8, 4) is 0 Å². The van der Waals surface area contributed by atoms with Gasteiger partial charge in [0.15, 0.2) is 5.78 Å². The van der Waals surface area contributed by atoms with Crippen LogP contribution in [0.4, 0.5) is 0 Å². The Balaban J connectivity index is 2.34. The summed E-state index contributed by atoms with van der Waals surface area (Å²) < 4.78 is 7.48. The average Bonchev–Trinajstić information content (AvgIpc) is 2.68. The zero-order valence-electron chi connectivity index (χ0n) is 11.6. The summed E-state index contributed by atoms with van der Waals surface area (Å²) >= 11 is 0. The van der Waals surface area contributed by atoms with E-state index in [0.29, 0.717) is 6.73 Å². The van der Waals surface area contributed by atoms with Crippen molar-refractivity contribution >= 4 is 19.9 Å². The van der Waals surface area contributed by atoms with Crippen LogP contribution in [0, 0.1) is 0 Å². The number of imidazole rings is 1. The molecule has 5 heteroatoms. The van der Waals surface area contributed by atoms with Gasteiger partial charge in [-0.15, -0.1) is 0 Å². The lowest BCUT2D eigenvalue weighted by Gasteiger charge is -2.15. The minimum atomic E-state index is -1.01. The van der Waals surface area contributed by atoms with Crippen molar-refractivity contribution in [1.29, 1.82) is 0 Å². The molecule has 0 spiro atoms. The first-order valence-corrected chi connectivity index (χ1v) is 9.86. The summed E-state index contributed by atoms with van der Waals surface area (Å²) in [6.07, 6.45) is 6.81. The predicted octanol–water partition coefficient (Wildman–Crippen LogP) is 2.80. The lowest BCUT2D eigenvalue weighted by atomic mass is 10.3. The van der Waals surface area contributed by atoms with Crippen molar-refractivity contribution in [1.82, 2.24) is 9.55 Å². The second-order valence-corrected chi connectivity index (χ2v) is 11.2. The molecule has 0 bridgehead atoms. The number of nitrogens with zero attached hydrogens (tertiary/aromatic N) is 2. The van der Waals surface area contributed by atoms with Gasteiger partial charge in [0.25, 0.3) is 0 Å². The molecule has 0 unspecified atom stereocenters. The van der Waals surface area contributed by atoms with E-state index in [1.54, 1.807) is 12.4 Å². The number of ether oxygens (including phenoxy) is 1. The molecule has 0 N–H and O–H groups in total. The standard InChI is InChI=1S/C13H22N2O2Si/c1-12(16)5-6-13-9-15(10-14-13)11-17-7-8-18(2,3)4/h5-6,9-10H,7-8,11H2,1-4H3/b6-5+. The van der Waals surface area contributed by atoms with Crippen molar-refractivity contribution in [2.24, 2.45) is 0 Å². The number of rotatable bonds is 7.